The minimum absolute atomic E-state index is 0.116. The zero-order valence-corrected chi connectivity index (χ0v) is 14.7. The third kappa shape index (κ3) is 2.53. The molecule has 0 saturated carbocycles. The lowest BCUT2D eigenvalue weighted by Crippen LogP contribution is -2.05. The summed E-state index contributed by atoms with van der Waals surface area (Å²) in [4.78, 5) is 8.42. The molecule has 4 aromatic rings. The van der Waals surface area contributed by atoms with Crippen molar-refractivity contribution in [3.63, 3.8) is 0 Å². The summed E-state index contributed by atoms with van der Waals surface area (Å²) in [6.45, 7) is 4.05. The molecule has 132 valence electrons. The van der Waals surface area contributed by atoms with Gasteiger partial charge in [0.05, 0.1) is 13.3 Å². The Bertz CT molecular complexity index is 1060. The van der Waals surface area contributed by atoms with E-state index in [1.807, 2.05) is 38.1 Å². The van der Waals surface area contributed by atoms with E-state index in [2.05, 4.69) is 25.4 Å². The van der Waals surface area contributed by atoms with Crippen molar-refractivity contribution in [3.8, 4) is 22.8 Å². The molecular formula is C17H18N8O. The van der Waals surface area contributed by atoms with Crippen molar-refractivity contribution in [2.24, 2.45) is 0 Å². The molecule has 9 nitrogen and oxygen atoms in total. The standard InChI is InChI=1S/C17H18N8O/c1-10(2)25-16-14(15(18)19-9-20-16)17(22-25)24-8-13(21-23-24)11-4-6-12(26-3)7-5-11/h4-10H,1-3H3,(H2,18,19,20). The Morgan fingerprint density at radius 3 is 2.58 bits per heavy atom. The van der Waals surface area contributed by atoms with E-state index in [0.717, 1.165) is 17.0 Å². The summed E-state index contributed by atoms with van der Waals surface area (Å²) in [6, 6.07) is 7.72. The highest BCUT2D eigenvalue weighted by Crippen LogP contribution is 2.27. The SMILES string of the molecule is COc1ccc(-c2cn(-c3nn(C(C)C)c4ncnc(N)c34)nn2)cc1. The molecule has 4 rings (SSSR count). The van der Waals surface area contributed by atoms with Crippen molar-refractivity contribution in [2.75, 3.05) is 12.8 Å². The predicted molar refractivity (Wildman–Crippen MR) is 97.0 cm³/mol. The van der Waals surface area contributed by atoms with Gasteiger partial charge in [-0.1, -0.05) is 5.21 Å². The number of nitrogens with zero attached hydrogens (tertiary/aromatic N) is 7. The summed E-state index contributed by atoms with van der Waals surface area (Å²) in [5, 5.41) is 13.8. The highest BCUT2D eigenvalue weighted by Gasteiger charge is 2.19. The maximum Gasteiger partial charge on any atom is 0.190 e. The molecule has 0 aliphatic rings. The molecule has 3 heterocycles. The van der Waals surface area contributed by atoms with Gasteiger partial charge in [-0.25, -0.2) is 14.6 Å². The van der Waals surface area contributed by atoms with Crippen molar-refractivity contribution in [3.05, 3.63) is 36.8 Å². The highest BCUT2D eigenvalue weighted by molar-refractivity contribution is 5.92. The second-order valence-corrected chi connectivity index (χ2v) is 6.10. The second kappa shape index (κ2) is 6.10. The number of benzene rings is 1. The summed E-state index contributed by atoms with van der Waals surface area (Å²) in [7, 11) is 1.63. The van der Waals surface area contributed by atoms with Crippen LogP contribution in [0.25, 0.3) is 28.1 Å². The predicted octanol–water partition coefficient (Wildman–Crippen LogP) is 2.25. The van der Waals surface area contributed by atoms with Gasteiger partial charge in [-0.2, -0.15) is 4.68 Å². The molecule has 3 aromatic heterocycles. The maximum atomic E-state index is 6.08. The first-order valence-corrected chi connectivity index (χ1v) is 8.14. The molecule has 9 heteroatoms. The molecule has 0 saturated heterocycles. The van der Waals surface area contributed by atoms with Crippen LogP contribution in [0.1, 0.15) is 19.9 Å². The van der Waals surface area contributed by atoms with E-state index >= 15 is 0 Å². The quantitative estimate of drug-likeness (QED) is 0.601. The number of aromatic nitrogens is 7. The van der Waals surface area contributed by atoms with Gasteiger partial charge in [0, 0.05) is 11.6 Å². The summed E-state index contributed by atoms with van der Waals surface area (Å²) >= 11 is 0. The number of nitrogens with two attached hydrogens (primary N) is 1. The minimum Gasteiger partial charge on any atom is -0.497 e. The van der Waals surface area contributed by atoms with Gasteiger partial charge >= 0.3 is 0 Å². The Morgan fingerprint density at radius 1 is 1.12 bits per heavy atom. The zero-order chi connectivity index (χ0) is 18.3. The summed E-state index contributed by atoms with van der Waals surface area (Å²) in [5.74, 6) is 1.70. The fraction of sp³-hybridized carbons (Fsp3) is 0.235. The summed E-state index contributed by atoms with van der Waals surface area (Å²) < 4.78 is 8.59. The number of hydrogen-bond acceptors (Lipinski definition) is 7. The Hall–Kier alpha value is -3.49. The average Bonchev–Trinajstić information content (AvgIpc) is 3.27. The first-order valence-electron chi connectivity index (χ1n) is 8.14. The van der Waals surface area contributed by atoms with Crippen LogP contribution in [0.15, 0.2) is 36.8 Å². The van der Waals surface area contributed by atoms with Gasteiger partial charge in [-0.15, -0.1) is 10.2 Å². The van der Waals surface area contributed by atoms with Gasteiger partial charge < -0.3 is 10.5 Å². The minimum atomic E-state index is 0.116. The van der Waals surface area contributed by atoms with Crippen molar-refractivity contribution in [2.45, 2.75) is 19.9 Å². The van der Waals surface area contributed by atoms with Crippen LogP contribution in [0.2, 0.25) is 0 Å². The summed E-state index contributed by atoms with van der Waals surface area (Å²) in [5.41, 5.74) is 8.39. The van der Waals surface area contributed by atoms with Crippen LogP contribution in [0.4, 0.5) is 5.82 Å². The Kier molecular flexibility index (Phi) is 3.76. The largest absolute Gasteiger partial charge is 0.497 e. The fourth-order valence-electron chi connectivity index (χ4n) is 2.76. The lowest BCUT2D eigenvalue weighted by atomic mass is 10.2. The monoisotopic (exact) mass is 350 g/mol. The number of rotatable bonds is 4. The Balaban J connectivity index is 1.82. The first kappa shape index (κ1) is 16.0. The number of ether oxygens (including phenoxy) is 1. The Morgan fingerprint density at radius 2 is 1.88 bits per heavy atom. The van der Waals surface area contributed by atoms with Crippen molar-refractivity contribution in [1.29, 1.82) is 0 Å². The van der Waals surface area contributed by atoms with Crippen LogP contribution in [0, 0.1) is 0 Å². The lowest BCUT2D eigenvalue weighted by Gasteiger charge is -2.05. The van der Waals surface area contributed by atoms with E-state index in [9.17, 15) is 0 Å². The van der Waals surface area contributed by atoms with Crippen molar-refractivity contribution in [1.82, 2.24) is 34.7 Å². The second-order valence-electron chi connectivity index (χ2n) is 6.10. The highest BCUT2D eigenvalue weighted by atomic mass is 16.5. The number of anilines is 1. The summed E-state index contributed by atoms with van der Waals surface area (Å²) in [6.07, 6.45) is 3.24. The van der Waals surface area contributed by atoms with Gasteiger partial charge in [0.15, 0.2) is 11.5 Å². The number of fused-ring (bicyclic) bond motifs is 1. The maximum absolute atomic E-state index is 6.08. The molecule has 0 amide bonds. The molecule has 0 radical (unpaired) electrons. The molecule has 0 atom stereocenters. The lowest BCUT2D eigenvalue weighted by molar-refractivity contribution is 0.415. The first-order chi connectivity index (χ1) is 12.6. The number of hydrogen-bond donors (Lipinski definition) is 1. The van der Waals surface area contributed by atoms with Crippen molar-refractivity contribution >= 4 is 16.9 Å². The van der Waals surface area contributed by atoms with Crippen molar-refractivity contribution < 1.29 is 4.74 Å². The van der Waals surface area contributed by atoms with Gasteiger partial charge in [0.1, 0.15) is 29.0 Å². The van der Waals surface area contributed by atoms with E-state index < -0.39 is 0 Å². The van der Waals surface area contributed by atoms with E-state index in [-0.39, 0.29) is 6.04 Å². The van der Waals surface area contributed by atoms with Crippen LogP contribution < -0.4 is 10.5 Å². The van der Waals surface area contributed by atoms with Crippen LogP contribution in [0.5, 0.6) is 5.75 Å². The topological polar surface area (TPSA) is 110 Å². The normalized spacial score (nSPS) is 11.4. The van der Waals surface area contributed by atoms with Crippen LogP contribution in [-0.4, -0.2) is 41.9 Å². The van der Waals surface area contributed by atoms with E-state index in [1.54, 1.807) is 22.7 Å². The molecule has 0 unspecified atom stereocenters. The third-order valence-corrected chi connectivity index (χ3v) is 4.08. The molecule has 26 heavy (non-hydrogen) atoms. The molecule has 0 bridgehead atoms. The molecule has 0 spiro atoms. The number of nitrogen functional groups attached to an aromatic ring is 1. The fourth-order valence-corrected chi connectivity index (χ4v) is 2.76. The molecule has 0 aliphatic carbocycles. The van der Waals surface area contributed by atoms with Crippen LogP contribution in [0.3, 0.4) is 0 Å². The van der Waals surface area contributed by atoms with Gasteiger partial charge in [0.2, 0.25) is 0 Å². The average molecular weight is 350 g/mol. The molecule has 0 fully saturated rings. The molecule has 0 aliphatic heterocycles. The molecular weight excluding hydrogens is 332 g/mol. The third-order valence-electron chi connectivity index (χ3n) is 4.08. The van der Waals surface area contributed by atoms with Gasteiger partial charge in [0.25, 0.3) is 0 Å². The van der Waals surface area contributed by atoms with Gasteiger partial charge in [-0.05, 0) is 38.1 Å². The smallest absolute Gasteiger partial charge is 0.190 e. The van der Waals surface area contributed by atoms with E-state index in [0.29, 0.717) is 22.7 Å². The number of methoxy groups -OCH3 is 1. The van der Waals surface area contributed by atoms with Crippen LogP contribution >= 0.6 is 0 Å². The van der Waals surface area contributed by atoms with Gasteiger partial charge in [-0.3, -0.25) is 0 Å². The zero-order valence-electron chi connectivity index (χ0n) is 14.7. The Labute approximate surface area is 149 Å². The van der Waals surface area contributed by atoms with E-state index in [1.165, 1.54) is 6.33 Å². The molecule has 2 N–H and O–H groups in total. The molecule has 1 aromatic carbocycles. The van der Waals surface area contributed by atoms with E-state index in [4.69, 9.17) is 10.5 Å². The van der Waals surface area contributed by atoms with Crippen LogP contribution in [-0.2, 0) is 0 Å².